The maximum atomic E-state index is 2.70. The van der Waals surface area contributed by atoms with E-state index in [0.717, 1.165) is 18.1 Å². The highest BCUT2D eigenvalue weighted by molar-refractivity contribution is 4.76. The van der Waals surface area contributed by atoms with Crippen molar-refractivity contribution in [2.75, 3.05) is 19.6 Å². The van der Waals surface area contributed by atoms with Crippen molar-refractivity contribution >= 4 is 0 Å². The van der Waals surface area contributed by atoms with Gasteiger partial charge in [-0.1, -0.05) is 80.1 Å². The van der Waals surface area contributed by atoms with Gasteiger partial charge in [0.25, 0.3) is 0 Å². The van der Waals surface area contributed by atoms with Gasteiger partial charge in [-0.15, -0.1) is 0 Å². The van der Waals surface area contributed by atoms with Crippen molar-refractivity contribution in [2.24, 2.45) is 0 Å². The molecule has 0 fully saturated rings. The molecule has 3 atom stereocenters. The van der Waals surface area contributed by atoms with Gasteiger partial charge < -0.3 is 4.90 Å². The predicted octanol–water partition coefficient (Wildman–Crippen LogP) is 8.54. The largest absolute Gasteiger partial charge is 0.303 e. The van der Waals surface area contributed by atoms with Crippen LogP contribution in [0.25, 0.3) is 0 Å². The first-order valence-electron chi connectivity index (χ1n) is 13.4. The zero-order valence-electron chi connectivity index (χ0n) is 22.2. The first-order chi connectivity index (χ1) is 13.9. The van der Waals surface area contributed by atoms with Crippen LogP contribution in [-0.2, 0) is 0 Å². The second-order valence-corrected chi connectivity index (χ2v) is 9.18. The Bertz CT molecular complexity index is 257. The highest BCUT2D eigenvalue weighted by Crippen LogP contribution is 2.17. The van der Waals surface area contributed by atoms with Crippen LogP contribution in [0.2, 0.25) is 0 Å². The molecule has 0 aromatic rings. The summed E-state index contributed by atoms with van der Waals surface area (Å²) in [6.07, 6.45) is 16.2. The predicted molar refractivity (Wildman–Crippen MR) is 136 cm³/mol. The second kappa shape index (κ2) is 22.6. The summed E-state index contributed by atoms with van der Waals surface area (Å²) in [4.78, 5) is 5.36. The molecule has 0 radical (unpaired) electrons. The molecule has 0 aliphatic carbocycles. The molecular formula is C27H60N2. The summed E-state index contributed by atoms with van der Waals surface area (Å²) in [5.74, 6) is 0. The summed E-state index contributed by atoms with van der Waals surface area (Å²) >= 11 is 0. The average Bonchev–Trinajstić information content (AvgIpc) is 2.73. The first-order valence-corrected chi connectivity index (χ1v) is 13.4. The fourth-order valence-electron chi connectivity index (χ4n) is 4.03. The van der Waals surface area contributed by atoms with Crippen molar-refractivity contribution < 1.29 is 0 Å². The van der Waals surface area contributed by atoms with Crippen molar-refractivity contribution in [2.45, 2.75) is 157 Å². The van der Waals surface area contributed by atoms with Gasteiger partial charge in [-0.25, -0.2) is 0 Å². The molecule has 0 bridgehead atoms. The van der Waals surface area contributed by atoms with Gasteiger partial charge in [-0.2, -0.15) is 0 Å². The molecule has 0 saturated heterocycles. The minimum absolute atomic E-state index is 0.727. The lowest BCUT2D eigenvalue weighted by Gasteiger charge is -2.38. The van der Waals surface area contributed by atoms with Gasteiger partial charge in [0.05, 0.1) is 0 Å². The second-order valence-electron chi connectivity index (χ2n) is 9.18. The smallest absolute Gasteiger partial charge is 0.00699 e. The van der Waals surface area contributed by atoms with Gasteiger partial charge in [0, 0.05) is 18.1 Å². The van der Waals surface area contributed by atoms with Crippen molar-refractivity contribution in [1.82, 2.24) is 9.80 Å². The van der Waals surface area contributed by atoms with Crippen LogP contribution < -0.4 is 0 Å². The zero-order valence-corrected chi connectivity index (χ0v) is 22.2. The Hall–Kier alpha value is -0.0800. The van der Waals surface area contributed by atoms with Gasteiger partial charge in [0.2, 0.25) is 0 Å². The van der Waals surface area contributed by atoms with E-state index in [9.17, 15) is 0 Å². The van der Waals surface area contributed by atoms with E-state index in [1.807, 2.05) is 0 Å². The Morgan fingerprint density at radius 1 is 0.448 bits per heavy atom. The Morgan fingerprint density at radius 3 is 0.931 bits per heavy atom. The molecule has 0 rings (SSSR count). The van der Waals surface area contributed by atoms with E-state index >= 15 is 0 Å². The molecule has 0 amide bonds. The van der Waals surface area contributed by atoms with Crippen molar-refractivity contribution in [3.63, 3.8) is 0 Å². The van der Waals surface area contributed by atoms with Gasteiger partial charge in [-0.3, -0.25) is 4.90 Å². The lowest BCUT2D eigenvalue weighted by atomic mass is 10.1. The molecule has 0 aliphatic rings. The standard InChI is InChI=1S/C15H33N.C12H27N/c1-4-7-10-13-16(14-11-8-5-2)15-12-9-6-3;1-7-10(4)13(11(5)8-2)12(6)9-3/h4-15H2,1-3H3;10-12H,7-9H2,1-6H3. The van der Waals surface area contributed by atoms with Gasteiger partial charge in [0.1, 0.15) is 0 Å². The lowest BCUT2D eigenvalue weighted by molar-refractivity contribution is 0.0958. The Balaban J connectivity index is 0. The third-order valence-electron chi connectivity index (χ3n) is 6.53. The summed E-state index contributed by atoms with van der Waals surface area (Å²) in [5, 5.41) is 0. The van der Waals surface area contributed by atoms with Gasteiger partial charge in [-0.05, 0) is 78.9 Å². The number of rotatable bonds is 18. The molecule has 0 heterocycles. The van der Waals surface area contributed by atoms with Crippen LogP contribution in [0.15, 0.2) is 0 Å². The molecule has 0 aromatic heterocycles. The summed E-state index contributed by atoms with van der Waals surface area (Å²) in [6, 6.07) is 2.18. The summed E-state index contributed by atoms with van der Waals surface area (Å²) < 4.78 is 0. The van der Waals surface area contributed by atoms with E-state index in [4.69, 9.17) is 0 Å². The molecular weight excluding hydrogens is 352 g/mol. The highest BCUT2D eigenvalue weighted by atomic mass is 15.2. The minimum Gasteiger partial charge on any atom is -0.303 e. The van der Waals surface area contributed by atoms with E-state index in [0.29, 0.717) is 0 Å². The monoisotopic (exact) mass is 412 g/mol. The number of unbranched alkanes of at least 4 members (excludes halogenated alkanes) is 6. The molecule has 2 heteroatoms. The number of nitrogens with zero attached hydrogens (tertiary/aromatic N) is 2. The van der Waals surface area contributed by atoms with Crippen LogP contribution in [0.4, 0.5) is 0 Å². The van der Waals surface area contributed by atoms with E-state index in [-0.39, 0.29) is 0 Å². The third kappa shape index (κ3) is 17.3. The molecule has 0 saturated carbocycles. The van der Waals surface area contributed by atoms with Crippen LogP contribution in [0.1, 0.15) is 139 Å². The van der Waals surface area contributed by atoms with Gasteiger partial charge >= 0.3 is 0 Å². The fourth-order valence-corrected chi connectivity index (χ4v) is 4.03. The fraction of sp³-hybridized carbons (Fsp3) is 1.00. The van der Waals surface area contributed by atoms with Crippen LogP contribution in [0, 0.1) is 0 Å². The zero-order chi connectivity index (χ0) is 22.5. The van der Waals surface area contributed by atoms with Crippen LogP contribution >= 0.6 is 0 Å². The van der Waals surface area contributed by atoms with E-state index < -0.39 is 0 Å². The molecule has 2 nitrogen and oxygen atoms in total. The minimum atomic E-state index is 0.727. The molecule has 0 aliphatic heterocycles. The van der Waals surface area contributed by atoms with Crippen LogP contribution in [0.5, 0.6) is 0 Å². The first kappa shape index (κ1) is 31.1. The van der Waals surface area contributed by atoms with Crippen molar-refractivity contribution in [3.05, 3.63) is 0 Å². The highest BCUT2D eigenvalue weighted by Gasteiger charge is 2.21. The quantitative estimate of drug-likeness (QED) is 0.208. The number of hydrogen-bond donors (Lipinski definition) is 0. The summed E-state index contributed by atoms with van der Waals surface area (Å²) in [6.45, 7) is 24.8. The Labute approximate surface area is 187 Å². The molecule has 29 heavy (non-hydrogen) atoms. The maximum Gasteiger partial charge on any atom is 0.00699 e. The lowest BCUT2D eigenvalue weighted by Crippen LogP contribution is -2.45. The number of hydrogen-bond acceptors (Lipinski definition) is 2. The van der Waals surface area contributed by atoms with Crippen LogP contribution in [-0.4, -0.2) is 47.6 Å². The van der Waals surface area contributed by atoms with Crippen molar-refractivity contribution in [1.29, 1.82) is 0 Å². The SMILES string of the molecule is CCC(C)N(C(C)CC)C(C)CC.CCCCCN(CCCCC)CCCCC. The third-order valence-corrected chi connectivity index (χ3v) is 6.53. The molecule has 0 spiro atoms. The Morgan fingerprint density at radius 2 is 0.724 bits per heavy atom. The van der Waals surface area contributed by atoms with E-state index in [2.05, 4.69) is 72.1 Å². The topological polar surface area (TPSA) is 6.48 Å². The normalized spacial score (nSPS) is 14.6. The summed E-state index contributed by atoms with van der Waals surface area (Å²) in [5.41, 5.74) is 0. The maximum absolute atomic E-state index is 2.70. The van der Waals surface area contributed by atoms with Crippen LogP contribution in [0.3, 0.4) is 0 Å². The van der Waals surface area contributed by atoms with Crippen molar-refractivity contribution in [3.8, 4) is 0 Å². The summed E-state index contributed by atoms with van der Waals surface area (Å²) in [7, 11) is 0. The molecule has 0 aromatic carbocycles. The average molecular weight is 413 g/mol. The van der Waals surface area contributed by atoms with E-state index in [1.165, 1.54) is 96.7 Å². The Kier molecular flexibility index (Phi) is 24.2. The molecule has 3 unspecified atom stereocenters. The van der Waals surface area contributed by atoms with E-state index in [1.54, 1.807) is 0 Å². The molecule has 178 valence electrons. The molecule has 0 N–H and O–H groups in total. The van der Waals surface area contributed by atoms with Gasteiger partial charge in [0.15, 0.2) is 0 Å².